The number of carbonyl (C=O) groups excluding carboxylic acids is 1. The highest BCUT2D eigenvalue weighted by molar-refractivity contribution is 6.14. The van der Waals surface area contributed by atoms with Gasteiger partial charge in [0.25, 0.3) is 0 Å². The number of hydrogen-bond acceptors (Lipinski definition) is 1. The van der Waals surface area contributed by atoms with Gasteiger partial charge < -0.3 is 0 Å². The molecule has 3 aromatic rings. The number of hydrogen-bond donors (Lipinski definition) is 0. The van der Waals surface area contributed by atoms with E-state index >= 15 is 0 Å². The molecule has 0 radical (unpaired) electrons. The molecule has 0 N–H and O–H groups in total. The van der Waals surface area contributed by atoms with E-state index in [1.807, 2.05) is 96.8 Å². The fourth-order valence-electron chi connectivity index (χ4n) is 3.27. The van der Waals surface area contributed by atoms with E-state index in [9.17, 15) is 4.79 Å². The number of para-hydroxylation sites is 1. The molecule has 2 amide bonds. The van der Waals surface area contributed by atoms with E-state index in [2.05, 4.69) is 6.08 Å². The summed E-state index contributed by atoms with van der Waals surface area (Å²) in [5.74, 6) is 0. The molecule has 0 aromatic heterocycles. The monoisotopic (exact) mass is 340 g/mol. The molecular weight excluding hydrogens is 320 g/mol. The standard InChI is InChI=1S/C23H20N2O/c1-18-9-8-14-21(17-18)24-16-15-22(19-10-4-2-5-11-19)25(23(24)26)20-12-6-3-7-13-20/h2-15,17H,16H2,1H3. The molecule has 3 aromatic carbocycles. The number of urea groups is 1. The second kappa shape index (κ2) is 6.89. The number of aryl methyl sites for hydroxylation is 1. The molecule has 128 valence electrons. The number of nitrogens with zero attached hydrogens (tertiary/aromatic N) is 2. The summed E-state index contributed by atoms with van der Waals surface area (Å²) in [4.78, 5) is 17.0. The van der Waals surface area contributed by atoms with Crippen LogP contribution in [-0.4, -0.2) is 12.6 Å². The van der Waals surface area contributed by atoms with Gasteiger partial charge in [-0.15, -0.1) is 0 Å². The van der Waals surface area contributed by atoms with Gasteiger partial charge in [-0.05, 0) is 48.4 Å². The zero-order chi connectivity index (χ0) is 17.9. The molecular formula is C23H20N2O. The molecule has 4 rings (SSSR count). The van der Waals surface area contributed by atoms with Crippen molar-refractivity contribution < 1.29 is 4.79 Å². The van der Waals surface area contributed by atoms with Crippen LogP contribution < -0.4 is 9.80 Å². The van der Waals surface area contributed by atoms with E-state index in [0.29, 0.717) is 6.54 Å². The van der Waals surface area contributed by atoms with Crippen LogP contribution in [0.5, 0.6) is 0 Å². The second-order valence-corrected chi connectivity index (χ2v) is 6.36. The predicted molar refractivity (Wildman–Crippen MR) is 107 cm³/mol. The molecule has 1 aliphatic heterocycles. The molecule has 0 atom stereocenters. The largest absolute Gasteiger partial charge is 0.333 e. The van der Waals surface area contributed by atoms with Crippen LogP contribution in [0.1, 0.15) is 11.1 Å². The quantitative estimate of drug-likeness (QED) is 0.619. The third kappa shape index (κ3) is 3.00. The van der Waals surface area contributed by atoms with E-state index in [4.69, 9.17) is 0 Å². The Kier molecular flexibility index (Phi) is 4.28. The predicted octanol–water partition coefficient (Wildman–Crippen LogP) is 5.48. The highest BCUT2D eigenvalue weighted by atomic mass is 16.2. The number of carbonyl (C=O) groups is 1. The van der Waals surface area contributed by atoms with Crippen molar-refractivity contribution in [3.8, 4) is 0 Å². The summed E-state index contributed by atoms with van der Waals surface area (Å²) in [6, 6.07) is 27.9. The first-order valence-electron chi connectivity index (χ1n) is 8.73. The van der Waals surface area contributed by atoms with Gasteiger partial charge in [0.05, 0.1) is 11.4 Å². The Morgan fingerprint density at radius 2 is 1.42 bits per heavy atom. The molecule has 1 aliphatic rings. The first-order chi connectivity index (χ1) is 12.7. The van der Waals surface area contributed by atoms with Gasteiger partial charge >= 0.3 is 6.03 Å². The van der Waals surface area contributed by atoms with Crippen LogP contribution in [0.4, 0.5) is 16.2 Å². The molecule has 0 unspecified atom stereocenters. The van der Waals surface area contributed by atoms with E-state index in [1.54, 1.807) is 4.90 Å². The number of benzene rings is 3. The minimum atomic E-state index is -0.0387. The lowest BCUT2D eigenvalue weighted by Gasteiger charge is -2.36. The number of rotatable bonds is 3. The lowest BCUT2D eigenvalue weighted by atomic mass is 10.1. The van der Waals surface area contributed by atoms with Crippen molar-refractivity contribution in [2.45, 2.75) is 6.92 Å². The minimum Gasteiger partial charge on any atom is -0.290 e. The first kappa shape index (κ1) is 16.2. The van der Waals surface area contributed by atoms with Crippen LogP contribution in [-0.2, 0) is 0 Å². The van der Waals surface area contributed by atoms with Gasteiger partial charge in [-0.1, -0.05) is 60.7 Å². The molecule has 3 nitrogen and oxygen atoms in total. The summed E-state index contributed by atoms with van der Waals surface area (Å²) in [5.41, 5.74) is 4.88. The van der Waals surface area contributed by atoms with Gasteiger partial charge in [0.15, 0.2) is 0 Å². The molecule has 0 bridgehead atoms. The van der Waals surface area contributed by atoms with Crippen molar-refractivity contribution in [1.29, 1.82) is 0 Å². The van der Waals surface area contributed by atoms with Crippen LogP contribution in [0.3, 0.4) is 0 Å². The van der Waals surface area contributed by atoms with Gasteiger partial charge in [0.1, 0.15) is 0 Å². The Morgan fingerprint density at radius 3 is 2.12 bits per heavy atom. The Balaban J connectivity index is 1.81. The Bertz CT molecular complexity index is 948. The summed E-state index contributed by atoms with van der Waals surface area (Å²) in [6.07, 6.45) is 2.12. The van der Waals surface area contributed by atoms with Crippen molar-refractivity contribution in [1.82, 2.24) is 0 Å². The Labute approximate surface area is 153 Å². The van der Waals surface area contributed by atoms with E-state index in [-0.39, 0.29) is 6.03 Å². The molecule has 0 saturated carbocycles. The normalized spacial score (nSPS) is 14.3. The van der Waals surface area contributed by atoms with Gasteiger partial charge in [-0.2, -0.15) is 0 Å². The zero-order valence-corrected chi connectivity index (χ0v) is 14.7. The van der Waals surface area contributed by atoms with E-state index < -0.39 is 0 Å². The van der Waals surface area contributed by atoms with E-state index in [0.717, 1.165) is 28.2 Å². The van der Waals surface area contributed by atoms with Gasteiger partial charge in [-0.25, -0.2) is 4.79 Å². The van der Waals surface area contributed by atoms with Crippen LogP contribution in [0.15, 0.2) is 91.0 Å². The van der Waals surface area contributed by atoms with Gasteiger partial charge in [0, 0.05) is 12.2 Å². The van der Waals surface area contributed by atoms with Crippen molar-refractivity contribution >= 4 is 23.1 Å². The SMILES string of the molecule is Cc1cccc(N2CC=C(c3ccccc3)N(c3ccccc3)C2=O)c1. The van der Waals surface area contributed by atoms with Gasteiger partial charge in [0.2, 0.25) is 0 Å². The molecule has 3 heteroatoms. The molecule has 0 aliphatic carbocycles. The van der Waals surface area contributed by atoms with Crippen molar-refractivity contribution in [3.63, 3.8) is 0 Å². The van der Waals surface area contributed by atoms with Crippen LogP contribution in [0.2, 0.25) is 0 Å². The highest BCUT2D eigenvalue weighted by Gasteiger charge is 2.30. The zero-order valence-electron chi connectivity index (χ0n) is 14.7. The minimum absolute atomic E-state index is 0.0387. The molecule has 0 fully saturated rings. The Morgan fingerprint density at radius 1 is 0.769 bits per heavy atom. The first-order valence-corrected chi connectivity index (χ1v) is 8.73. The smallest absolute Gasteiger partial charge is 0.290 e. The summed E-state index contributed by atoms with van der Waals surface area (Å²) in [6.45, 7) is 2.59. The summed E-state index contributed by atoms with van der Waals surface area (Å²) >= 11 is 0. The lowest BCUT2D eigenvalue weighted by molar-refractivity contribution is 0.253. The van der Waals surface area contributed by atoms with Crippen molar-refractivity contribution in [2.75, 3.05) is 16.3 Å². The van der Waals surface area contributed by atoms with E-state index in [1.165, 1.54) is 0 Å². The Hall–Kier alpha value is -3.33. The highest BCUT2D eigenvalue weighted by Crippen LogP contribution is 2.32. The summed E-state index contributed by atoms with van der Waals surface area (Å²) in [7, 11) is 0. The topological polar surface area (TPSA) is 23.6 Å². The maximum absolute atomic E-state index is 13.4. The number of amides is 2. The lowest BCUT2D eigenvalue weighted by Crippen LogP contribution is -2.46. The fourth-order valence-corrected chi connectivity index (χ4v) is 3.27. The number of anilines is 2. The maximum atomic E-state index is 13.4. The molecule has 26 heavy (non-hydrogen) atoms. The van der Waals surface area contributed by atoms with Gasteiger partial charge in [-0.3, -0.25) is 9.80 Å². The summed E-state index contributed by atoms with van der Waals surface area (Å²) in [5, 5.41) is 0. The third-order valence-corrected chi connectivity index (χ3v) is 4.53. The fraction of sp³-hybridized carbons (Fsp3) is 0.0870. The average molecular weight is 340 g/mol. The maximum Gasteiger partial charge on any atom is 0.333 e. The average Bonchev–Trinajstić information content (AvgIpc) is 2.69. The third-order valence-electron chi connectivity index (χ3n) is 4.53. The van der Waals surface area contributed by atoms with Crippen LogP contribution in [0, 0.1) is 6.92 Å². The van der Waals surface area contributed by atoms with Crippen molar-refractivity contribution in [3.05, 3.63) is 102 Å². The summed E-state index contributed by atoms with van der Waals surface area (Å²) < 4.78 is 0. The van der Waals surface area contributed by atoms with Crippen molar-refractivity contribution in [2.24, 2.45) is 0 Å². The molecule has 0 saturated heterocycles. The van der Waals surface area contributed by atoms with Crippen LogP contribution >= 0.6 is 0 Å². The molecule has 1 heterocycles. The second-order valence-electron chi connectivity index (χ2n) is 6.36. The van der Waals surface area contributed by atoms with Crippen LogP contribution in [0.25, 0.3) is 5.70 Å². The molecule has 0 spiro atoms.